The molecule has 0 unspecified atom stereocenters. The van der Waals surface area contributed by atoms with E-state index in [1.807, 2.05) is 31.2 Å². The number of hydrogen-bond acceptors (Lipinski definition) is 3. The zero-order chi connectivity index (χ0) is 18.9. The average molecular weight is 375 g/mol. The van der Waals surface area contributed by atoms with Gasteiger partial charge in [-0.2, -0.15) is 4.31 Å². The predicted octanol–water partition coefficient (Wildman–Crippen LogP) is 3.23. The van der Waals surface area contributed by atoms with E-state index in [9.17, 15) is 13.2 Å². The molecule has 1 aromatic carbocycles. The van der Waals surface area contributed by atoms with E-state index < -0.39 is 10.0 Å². The second-order valence-corrected chi connectivity index (χ2v) is 8.53. The summed E-state index contributed by atoms with van der Waals surface area (Å²) < 4.78 is 27.4. The number of amides is 1. The monoisotopic (exact) mass is 375 g/mol. The van der Waals surface area contributed by atoms with Gasteiger partial charge >= 0.3 is 0 Å². The Labute approximate surface area is 154 Å². The SMILES string of the molecule is CCc1ccccc1NC(=O)c1[nH]c(C)c(S(=O)(=O)N2CCCC2)c1C. The van der Waals surface area contributed by atoms with E-state index in [0.29, 0.717) is 30.0 Å². The van der Waals surface area contributed by atoms with E-state index in [1.54, 1.807) is 13.8 Å². The van der Waals surface area contributed by atoms with Crippen LogP contribution in [0.15, 0.2) is 29.2 Å². The van der Waals surface area contributed by atoms with E-state index in [-0.39, 0.29) is 10.8 Å². The fourth-order valence-corrected chi connectivity index (χ4v) is 5.46. The normalized spacial score (nSPS) is 15.3. The number of para-hydroxylation sites is 1. The third-order valence-electron chi connectivity index (χ3n) is 4.91. The number of anilines is 1. The molecule has 2 heterocycles. The molecule has 1 fully saturated rings. The van der Waals surface area contributed by atoms with E-state index in [2.05, 4.69) is 10.3 Å². The van der Waals surface area contributed by atoms with Gasteiger partial charge in [-0.3, -0.25) is 4.79 Å². The van der Waals surface area contributed by atoms with E-state index >= 15 is 0 Å². The number of nitrogens with one attached hydrogen (secondary N) is 2. The number of nitrogens with zero attached hydrogens (tertiary/aromatic N) is 1. The molecule has 7 heteroatoms. The van der Waals surface area contributed by atoms with Crippen molar-refractivity contribution < 1.29 is 13.2 Å². The maximum absolute atomic E-state index is 12.9. The lowest BCUT2D eigenvalue weighted by Crippen LogP contribution is -2.28. The highest BCUT2D eigenvalue weighted by atomic mass is 32.2. The van der Waals surface area contributed by atoms with Crippen molar-refractivity contribution in [3.05, 3.63) is 46.8 Å². The number of aromatic nitrogens is 1. The summed E-state index contributed by atoms with van der Waals surface area (Å²) in [7, 11) is -3.58. The molecule has 0 atom stereocenters. The van der Waals surface area contributed by atoms with Crippen molar-refractivity contribution in [1.29, 1.82) is 0 Å². The molecule has 0 radical (unpaired) electrons. The lowest BCUT2D eigenvalue weighted by Gasteiger charge is -2.16. The molecule has 26 heavy (non-hydrogen) atoms. The van der Waals surface area contributed by atoms with Crippen molar-refractivity contribution in [1.82, 2.24) is 9.29 Å². The van der Waals surface area contributed by atoms with E-state index in [4.69, 9.17) is 0 Å². The molecule has 1 amide bonds. The fourth-order valence-electron chi connectivity index (χ4n) is 3.54. The summed E-state index contributed by atoms with van der Waals surface area (Å²) in [6, 6.07) is 7.61. The highest BCUT2D eigenvalue weighted by molar-refractivity contribution is 7.89. The number of aromatic amines is 1. The molecule has 0 saturated carbocycles. The van der Waals surface area contributed by atoms with Gasteiger partial charge in [0.2, 0.25) is 10.0 Å². The Hall–Kier alpha value is -2.12. The first-order chi connectivity index (χ1) is 12.4. The van der Waals surface area contributed by atoms with Gasteiger partial charge in [0.1, 0.15) is 10.6 Å². The number of H-pyrrole nitrogens is 1. The summed E-state index contributed by atoms with van der Waals surface area (Å²) in [5.41, 5.74) is 3.05. The topological polar surface area (TPSA) is 82.3 Å². The van der Waals surface area contributed by atoms with Crippen molar-refractivity contribution in [2.24, 2.45) is 0 Å². The second kappa shape index (κ2) is 7.25. The van der Waals surface area contributed by atoms with Gasteiger partial charge in [-0.15, -0.1) is 0 Å². The van der Waals surface area contributed by atoms with Gasteiger partial charge in [-0.05, 0) is 50.3 Å². The van der Waals surface area contributed by atoms with Gasteiger partial charge in [-0.1, -0.05) is 25.1 Å². The van der Waals surface area contributed by atoms with Crippen LogP contribution < -0.4 is 5.32 Å². The van der Waals surface area contributed by atoms with Gasteiger partial charge in [0.25, 0.3) is 5.91 Å². The molecule has 140 valence electrons. The van der Waals surface area contributed by atoms with Crippen molar-refractivity contribution in [3.8, 4) is 0 Å². The molecule has 1 aliphatic rings. The zero-order valence-electron chi connectivity index (χ0n) is 15.4. The van der Waals surface area contributed by atoms with Crippen LogP contribution in [0.25, 0.3) is 0 Å². The molecule has 6 nitrogen and oxygen atoms in total. The molecule has 1 aliphatic heterocycles. The molecular formula is C19H25N3O3S. The van der Waals surface area contributed by atoms with Gasteiger partial charge in [-0.25, -0.2) is 8.42 Å². The minimum absolute atomic E-state index is 0.230. The van der Waals surface area contributed by atoms with Gasteiger partial charge in [0.05, 0.1) is 0 Å². The highest BCUT2D eigenvalue weighted by Gasteiger charge is 2.33. The molecule has 0 bridgehead atoms. The summed E-state index contributed by atoms with van der Waals surface area (Å²) in [4.78, 5) is 16.0. The van der Waals surface area contributed by atoms with Crippen LogP contribution >= 0.6 is 0 Å². The predicted molar refractivity (Wildman–Crippen MR) is 102 cm³/mol. The molecule has 1 saturated heterocycles. The average Bonchev–Trinajstić information content (AvgIpc) is 3.24. The summed E-state index contributed by atoms with van der Waals surface area (Å²) >= 11 is 0. The van der Waals surface area contributed by atoms with Crippen molar-refractivity contribution in [3.63, 3.8) is 0 Å². The zero-order valence-corrected chi connectivity index (χ0v) is 16.2. The Bertz CT molecular complexity index is 926. The Morgan fingerprint density at radius 2 is 1.85 bits per heavy atom. The molecule has 2 aromatic rings. The van der Waals surface area contributed by atoms with Crippen LogP contribution in [-0.4, -0.2) is 36.7 Å². The highest BCUT2D eigenvalue weighted by Crippen LogP contribution is 2.29. The number of rotatable bonds is 5. The lowest BCUT2D eigenvalue weighted by molar-refractivity contribution is 0.102. The summed E-state index contributed by atoms with van der Waals surface area (Å²) in [6.45, 7) is 6.49. The molecule has 3 rings (SSSR count). The maximum Gasteiger partial charge on any atom is 0.272 e. The maximum atomic E-state index is 12.9. The molecule has 1 aromatic heterocycles. The van der Waals surface area contributed by atoms with Crippen molar-refractivity contribution >= 4 is 21.6 Å². The van der Waals surface area contributed by atoms with Crippen LogP contribution in [0.5, 0.6) is 0 Å². The van der Waals surface area contributed by atoms with Gasteiger partial charge < -0.3 is 10.3 Å². The van der Waals surface area contributed by atoms with Crippen molar-refractivity contribution in [2.75, 3.05) is 18.4 Å². The fraction of sp³-hybridized carbons (Fsp3) is 0.421. The number of carbonyl (C=O) groups is 1. The van der Waals surface area contributed by atoms with Crippen molar-refractivity contribution in [2.45, 2.75) is 44.9 Å². The third-order valence-corrected chi connectivity index (χ3v) is 7.08. The van der Waals surface area contributed by atoms with Crippen LogP contribution in [0, 0.1) is 13.8 Å². The summed E-state index contributed by atoms with van der Waals surface area (Å²) in [5, 5.41) is 2.90. The quantitative estimate of drug-likeness (QED) is 0.842. The van der Waals surface area contributed by atoms with Crippen LogP contribution in [-0.2, 0) is 16.4 Å². The Kier molecular flexibility index (Phi) is 5.20. The lowest BCUT2D eigenvalue weighted by atomic mass is 10.1. The second-order valence-electron chi connectivity index (χ2n) is 6.66. The number of sulfonamides is 1. The molecule has 2 N–H and O–H groups in total. The van der Waals surface area contributed by atoms with Gasteiger partial charge in [0, 0.05) is 24.5 Å². The minimum Gasteiger partial charge on any atom is -0.353 e. The first-order valence-electron chi connectivity index (χ1n) is 8.94. The number of aryl methyl sites for hydroxylation is 2. The molecule has 0 spiro atoms. The molecular weight excluding hydrogens is 350 g/mol. The smallest absolute Gasteiger partial charge is 0.272 e. The standard InChI is InChI=1S/C19H25N3O3S/c1-4-15-9-5-6-10-16(15)21-19(23)17-13(2)18(14(3)20-17)26(24,25)22-11-7-8-12-22/h5-6,9-10,20H,4,7-8,11-12H2,1-3H3,(H,21,23). The number of benzene rings is 1. The van der Waals surface area contributed by atoms with Crippen LogP contribution in [0.3, 0.4) is 0 Å². The van der Waals surface area contributed by atoms with Crippen LogP contribution in [0.2, 0.25) is 0 Å². The Balaban J connectivity index is 1.93. The number of hydrogen-bond donors (Lipinski definition) is 2. The minimum atomic E-state index is -3.58. The summed E-state index contributed by atoms with van der Waals surface area (Å²) in [6.07, 6.45) is 2.56. The molecule has 0 aliphatic carbocycles. The first kappa shape index (κ1) is 18.7. The van der Waals surface area contributed by atoms with E-state index in [1.165, 1.54) is 4.31 Å². The largest absolute Gasteiger partial charge is 0.353 e. The Morgan fingerprint density at radius 1 is 1.19 bits per heavy atom. The first-order valence-corrected chi connectivity index (χ1v) is 10.4. The van der Waals surface area contributed by atoms with Gasteiger partial charge in [0.15, 0.2) is 0 Å². The Morgan fingerprint density at radius 3 is 2.50 bits per heavy atom. The number of carbonyl (C=O) groups excluding carboxylic acids is 1. The van der Waals surface area contributed by atoms with E-state index in [0.717, 1.165) is 30.5 Å². The summed E-state index contributed by atoms with van der Waals surface area (Å²) in [5.74, 6) is -0.325. The van der Waals surface area contributed by atoms with Crippen LogP contribution in [0.4, 0.5) is 5.69 Å². The third kappa shape index (κ3) is 3.29. The van der Waals surface area contributed by atoms with Crippen LogP contribution in [0.1, 0.15) is 47.1 Å².